The smallest absolute Gasteiger partial charge is 0.269 e. The summed E-state index contributed by atoms with van der Waals surface area (Å²) in [6.45, 7) is 0.667. The highest BCUT2D eigenvalue weighted by molar-refractivity contribution is 9.10. The molecule has 98 valence electrons. The third-order valence-electron chi connectivity index (χ3n) is 2.72. The van der Waals surface area contributed by atoms with E-state index in [-0.39, 0.29) is 17.0 Å². The molecule has 0 bridgehead atoms. The van der Waals surface area contributed by atoms with E-state index in [2.05, 4.69) is 15.9 Å². The maximum atomic E-state index is 12.2. The zero-order valence-corrected chi connectivity index (χ0v) is 12.5. The van der Waals surface area contributed by atoms with Crippen LogP contribution in [0.25, 0.3) is 0 Å². The van der Waals surface area contributed by atoms with Crippen molar-refractivity contribution in [3.63, 3.8) is 0 Å². The van der Waals surface area contributed by atoms with E-state index in [1.54, 1.807) is 12.1 Å². The largest absolute Gasteiger partial charge is 0.308 e. The van der Waals surface area contributed by atoms with Gasteiger partial charge >= 0.3 is 0 Å². The van der Waals surface area contributed by atoms with E-state index in [1.807, 2.05) is 19.0 Å². The lowest BCUT2D eigenvalue weighted by Crippen LogP contribution is -2.36. The van der Waals surface area contributed by atoms with Gasteiger partial charge in [-0.25, -0.2) is 12.7 Å². The lowest BCUT2D eigenvalue weighted by molar-refractivity contribution is 0.0865. The SMILES string of the molecule is CN(C)CCN1C(=O)c2cc(Br)ccc2S1(=O)=O. The van der Waals surface area contributed by atoms with Crippen molar-refractivity contribution in [2.24, 2.45) is 0 Å². The van der Waals surface area contributed by atoms with Crippen LogP contribution in [0.4, 0.5) is 0 Å². The Kier molecular flexibility index (Phi) is 3.48. The lowest BCUT2D eigenvalue weighted by Gasteiger charge is -2.17. The molecular formula is C11H13BrN2O3S. The number of carbonyl (C=O) groups excluding carboxylic acids is 1. The van der Waals surface area contributed by atoms with Gasteiger partial charge in [0, 0.05) is 11.0 Å². The van der Waals surface area contributed by atoms with Gasteiger partial charge < -0.3 is 4.90 Å². The topological polar surface area (TPSA) is 57.7 Å². The number of fused-ring (bicyclic) bond motifs is 1. The molecule has 2 rings (SSSR count). The number of amides is 1. The Labute approximate surface area is 115 Å². The molecule has 1 aromatic rings. The number of carbonyl (C=O) groups is 1. The Morgan fingerprint density at radius 3 is 2.61 bits per heavy atom. The summed E-state index contributed by atoms with van der Waals surface area (Å²) in [6, 6.07) is 4.63. The standard InChI is InChI=1S/C11H13BrN2O3S/c1-13(2)5-6-14-11(15)9-7-8(12)3-4-10(9)18(14,16)17/h3-4,7H,5-6H2,1-2H3. The van der Waals surface area contributed by atoms with Crippen molar-refractivity contribution in [2.45, 2.75) is 4.90 Å². The predicted molar refractivity (Wildman–Crippen MR) is 70.9 cm³/mol. The molecule has 1 aliphatic heterocycles. The van der Waals surface area contributed by atoms with E-state index in [0.717, 1.165) is 4.31 Å². The van der Waals surface area contributed by atoms with Crippen LogP contribution in [-0.4, -0.2) is 50.7 Å². The highest BCUT2D eigenvalue weighted by atomic mass is 79.9. The van der Waals surface area contributed by atoms with Gasteiger partial charge in [-0.1, -0.05) is 15.9 Å². The Balaban J connectivity index is 2.41. The van der Waals surface area contributed by atoms with Crippen LogP contribution in [0.5, 0.6) is 0 Å². The minimum Gasteiger partial charge on any atom is -0.308 e. The van der Waals surface area contributed by atoms with Crippen LogP contribution in [0.15, 0.2) is 27.6 Å². The Morgan fingerprint density at radius 2 is 2.00 bits per heavy atom. The Hall–Kier alpha value is -0.920. The fourth-order valence-electron chi connectivity index (χ4n) is 1.77. The number of hydrogen-bond donors (Lipinski definition) is 0. The van der Waals surface area contributed by atoms with E-state index in [4.69, 9.17) is 0 Å². The van der Waals surface area contributed by atoms with Gasteiger partial charge in [0.25, 0.3) is 15.9 Å². The Morgan fingerprint density at radius 1 is 1.33 bits per heavy atom. The van der Waals surface area contributed by atoms with E-state index in [9.17, 15) is 13.2 Å². The van der Waals surface area contributed by atoms with Crippen LogP contribution >= 0.6 is 15.9 Å². The van der Waals surface area contributed by atoms with Gasteiger partial charge in [0.1, 0.15) is 4.90 Å². The van der Waals surface area contributed by atoms with Crippen LogP contribution in [0.1, 0.15) is 10.4 Å². The number of sulfonamides is 1. The molecule has 0 fully saturated rings. The molecule has 0 atom stereocenters. The first kappa shape index (κ1) is 13.5. The van der Waals surface area contributed by atoms with Crippen molar-refractivity contribution in [3.8, 4) is 0 Å². The second-order valence-electron chi connectivity index (χ2n) is 4.33. The summed E-state index contributed by atoms with van der Waals surface area (Å²) in [6.07, 6.45) is 0. The molecule has 1 aliphatic rings. The molecule has 0 aromatic heterocycles. The molecule has 1 amide bonds. The van der Waals surface area contributed by atoms with Crippen LogP contribution in [0.2, 0.25) is 0 Å². The van der Waals surface area contributed by atoms with Crippen molar-refractivity contribution in [1.29, 1.82) is 0 Å². The summed E-state index contributed by atoms with van der Waals surface area (Å²) in [5.41, 5.74) is 0.239. The van der Waals surface area contributed by atoms with Crippen LogP contribution in [0, 0.1) is 0 Å². The number of nitrogens with zero attached hydrogens (tertiary/aromatic N) is 2. The van der Waals surface area contributed by atoms with E-state index in [1.165, 1.54) is 6.07 Å². The lowest BCUT2D eigenvalue weighted by atomic mass is 10.2. The molecule has 5 nitrogen and oxygen atoms in total. The normalized spacial score (nSPS) is 17.3. The molecule has 0 N–H and O–H groups in total. The summed E-state index contributed by atoms with van der Waals surface area (Å²) < 4.78 is 26.0. The fourth-order valence-corrected chi connectivity index (χ4v) is 3.67. The highest BCUT2D eigenvalue weighted by Gasteiger charge is 2.40. The first-order valence-corrected chi connectivity index (χ1v) is 7.58. The van der Waals surface area contributed by atoms with E-state index >= 15 is 0 Å². The number of likely N-dealkylation sites (N-methyl/N-ethyl adjacent to an activating group) is 1. The molecule has 1 heterocycles. The van der Waals surface area contributed by atoms with Gasteiger partial charge in [-0.2, -0.15) is 0 Å². The first-order chi connectivity index (χ1) is 8.34. The third kappa shape index (κ3) is 2.17. The van der Waals surface area contributed by atoms with Crippen molar-refractivity contribution in [1.82, 2.24) is 9.21 Å². The average molecular weight is 333 g/mol. The molecule has 0 saturated carbocycles. The minimum atomic E-state index is -3.67. The zero-order chi connectivity index (χ0) is 13.5. The summed E-state index contributed by atoms with van der Waals surface area (Å²) >= 11 is 3.24. The molecule has 0 unspecified atom stereocenters. The summed E-state index contributed by atoms with van der Waals surface area (Å²) in [4.78, 5) is 14.0. The summed E-state index contributed by atoms with van der Waals surface area (Å²) in [5.74, 6) is -0.451. The monoisotopic (exact) mass is 332 g/mol. The van der Waals surface area contributed by atoms with Crippen molar-refractivity contribution < 1.29 is 13.2 Å². The maximum Gasteiger partial charge on any atom is 0.269 e. The average Bonchev–Trinajstić information content (AvgIpc) is 2.44. The molecule has 0 spiro atoms. The van der Waals surface area contributed by atoms with Crippen LogP contribution in [-0.2, 0) is 10.0 Å². The third-order valence-corrected chi connectivity index (χ3v) is 5.05. The zero-order valence-electron chi connectivity index (χ0n) is 10.1. The van der Waals surface area contributed by atoms with Crippen molar-refractivity contribution in [2.75, 3.05) is 27.2 Å². The second kappa shape index (κ2) is 4.64. The predicted octanol–water partition coefficient (Wildman–Crippen LogP) is 1.16. The van der Waals surface area contributed by atoms with Crippen LogP contribution in [0.3, 0.4) is 0 Å². The number of rotatable bonds is 3. The minimum absolute atomic E-state index is 0.0921. The number of benzene rings is 1. The van der Waals surface area contributed by atoms with Crippen molar-refractivity contribution >= 4 is 31.9 Å². The first-order valence-electron chi connectivity index (χ1n) is 5.35. The molecule has 0 aliphatic carbocycles. The second-order valence-corrected chi connectivity index (χ2v) is 7.07. The van der Waals surface area contributed by atoms with Gasteiger partial charge in [0.15, 0.2) is 0 Å². The van der Waals surface area contributed by atoms with Gasteiger partial charge in [-0.3, -0.25) is 4.79 Å². The van der Waals surface area contributed by atoms with Crippen molar-refractivity contribution in [3.05, 3.63) is 28.2 Å². The number of halogens is 1. The van der Waals surface area contributed by atoms with Gasteiger partial charge in [0.2, 0.25) is 0 Å². The van der Waals surface area contributed by atoms with E-state index in [0.29, 0.717) is 11.0 Å². The molecule has 1 aromatic carbocycles. The molecular weight excluding hydrogens is 320 g/mol. The number of hydrogen-bond acceptors (Lipinski definition) is 4. The Bertz CT molecular complexity index is 598. The summed E-state index contributed by atoms with van der Waals surface area (Å²) in [7, 11) is -0.0112. The quantitative estimate of drug-likeness (QED) is 0.833. The fraction of sp³-hybridized carbons (Fsp3) is 0.364. The molecule has 0 radical (unpaired) electrons. The summed E-state index contributed by atoms with van der Waals surface area (Å²) in [5, 5.41) is 0. The van der Waals surface area contributed by atoms with Crippen LogP contribution < -0.4 is 0 Å². The van der Waals surface area contributed by atoms with E-state index < -0.39 is 15.9 Å². The molecule has 0 saturated heterocycles. The highest BCUT2D eigenvalue weighted by Crippen LogP contribution is 2.31. The van der Waals surface area contributed by atoms with Gasteiger partial charge in [-0.15, -0.1) is 0 Å². The van der Waals surface area contributed by atoms with Gasteiger partial charge in [-0.05, 0) is 32.3 Å². The molecule has 18 heavy (non-hydrogen) atoms. The maximum absolute atomic E-state index is 12.2. The molecule has 7 heteroatoms. The van der Waals surface area contributed by atoms with Gasteiger partial charge in [0.05, 0.1) is 12.1 Å².